The lowest BCUT2D eigenvalue weighted by Crippen LogP contribution is -2.23. The molecule has 0 saturated carbocycles. The van der Waals surface area contributed by atoms with Crippen molar-refractivity contribution < 1.29 is 9.90 Å². The highest BCUT2D eigenvalue weighted by Crippen LogP contribution is 1.98. The van der Waals surface area contributed by atoms with Crippen LogP contribution in [0.15, 0.2) is 0 Å². The molecule has 0 rings (SSSR count). The van der Waals surface area contributed by atoms with Gasteiger partial charge in [0.25, 0.3) is 0 Å². The number of carbonyl (C=O) groups is 1. The number of carboxylic acid groups (broad SMARTS) is 1. The number of nitrogens with one attached hydrogen (secondary N) is 2. The molecule has 0 saturated heterocycles. The molecule has 0 aromatic heterocycles. The minimum atomic E-state index is -0.691. The zero-order valence-corrected chi connectivity index (χ0v) is 11.4. The Hall–Kier alpha value is -0.650. The third-order valence-electron chi connectivity index (χ3n) is 2.76. The lowest BCUT2D eigenvalue weighted by Gasteiger charge is -2.06. The lowest BCUT2D eigenvalue weighted by molar-refractivity contribution is -0.137. The normalized spacial score (nSPS) is 10.7. The Labute approximate surface area is 111 Å². The molecule has 5 nitrogen and oxygen atoms in total. The first-order valence-corrected chi connectivity index (χ1v) is 7.10. The summed E-state index contributed by atoms with van der Waals surface area (Å²) in [7, 11) is 0. The van der Waals surface area contributed by atoms with E-state index in [1.807, 2.05) is 0 Å². The van der Waals surface area contributed by atoms with Gasteiger partial charge in [0.15, 0.2) is 0 Å². The highest BCUT2D eigenvalue weighted by atomic mass is 16.4. The van der Waals surface area contributed by atoms with Crippen molar-refractivity contribution in [1.82, 2.24) is 10.6 Å². The van der Waals surface area contributed by atoms with Gasteiger partial charge < -0.3 is 21.5 Å². The molecule has 0 aliphatic heterocycles. The van der Waals surface area contributed by atoms with Gasteiger partial charge in [0, 0.05) is 6.42 Å². The molecule has 5 N–H and O–H groups in total. The van der Waals surface area contributed by atoms with Crippen LogP contribution >= 0.6 is 0 Å². The van der Waals surface area contributed by atoms with Gasteiger partial charge in [-0.1, -0.05) is 6.42 Å². The first-order valence-electron chi connectivity index (χ1n) is 7.10. The molecule has 0 atom stereocenters. The number of hydrogen-bond acceptors (Lipinski definition) is 4. The van der Waals surface area contributed by atoms with Crippen LogP contribution in [0.1, 0.15) is 44.9 Å². The number of aliphatic carboxylic acids is 1. The highest BCUT2D eigenvalue weighted by Gasteiger charge is 1.96. The molecule has 108 valence electrons. The quantitative estimate of drug-likeness (QED) is 0.349. The third kappa shape index (κ3) is 15.4. The fourth-order valence-corrected chi connectivity index (χ4v) is 1.69. The molecular formula is C13H29N3O2. The Morgan fingerprint density at radius 1 is 0.833 bits per heavy atom. The van der Waals surface area contributed by atoms with Gasteiger partial charge in [-0.15, -0.1) is 0 Å². The van der Waals surface area contributed by atoms with Crippen LogP contribution in [-0.4, -0.2) is 43.8 Å². The molecule has 0 heterocycles. The molecule has 0 fully saturated rings. The summed E-state index contributed by atoms with van der Waals surface area (Å²) in [5.41, 5.74) is 5.41. The van der Waals surface area contributed by atoms with E-state index in [1.54, 1.807) is 0 Å². The second kappa shape index (κ2) is 14.4. The van der Waals surface area contributed by atoms with E-state index in [1.165, 1.54) is 0 Å². The van der Waals surface area contributed by atoms with Gasteiger partial charge in [-0.25, -0.2) is 0 Å². The van der Waals surface area contributed by atoms with Crippen molar-refractivity contribution >= 4 is 5.97 Å². The molecule has 0 bridgehead atoms. The second-order valence-corrected chi connectivity index (χ2v) is 4.55. The van der Waals surface area contributed by atoms with Crippen molar-refractivity contribution in [3.8, 4) is 0 Å². The Balaban J connectivity index is 2.92. The fourth-order valence-electron chi connectivity index (χ4n) is 1.69. The van der Waals surface area contributed by atoms with Crippen molar-refractivity contribution in [2.75, 3.05) is 32.7 Å². The number of unbranched alkanes of at least 4 members (excludes halogenated alkanes) is 3. The molecule has 0 aliphatic carbocycles. The summed E-state index contributed by atoms with van der Waals surface area (Å²) in [5.74, 6) is -0.691. The molecule has 0 aromatic carbocycles. The molecule has 0 radical (unpaired) electrons. The zero-order valence-electron chi connectivity index (χ0n) is 11.4. The fraction of sp³-hybridized carbons (Fsp3) is 0.923. The summed E-state index contributed by atoms with van der Waals surface area (Å²) < 4.78 is 0. The first-order chi connectivity index (χ1) is 8.77. The summed E-state index contributed by atoms with van der Waals surface area (Å²) >= 11 is 0. The van der Waals surface area contributed by atoms with Gasteiger partial charge >= 0.3 is 5.97 Å². The molecular weight excluding hydrogens is 230 g/mol. The summed E-state index contributed by atoms with van der Waals surface area (Å²) in [6, 6.07) is 0. The first kappa shape index (κ1) is 17.4. The van der Waals surface area contributed by atoms with Crippen LogP contribution in [0.4, 0.5) is 0 Å². The SMILES string of the molecule is NCCCCNCCCNCCCCCC(=O)O. The maximum atomic E-state index is 10.3. The minimum Gasteiger partial charge on any atom is -0.481 e. The predicted octanol–water partition coefficient (Wildman–Crippen LogP) is 0.940. The summed E-state index contributed by atoms with van der Waals surface area (Å²) in [4.78, 5) is 10.3. The minimum absolute atomic E-state index is 0.298. The predicted molar refractivity (Wildman–Crippen MR) is 74.7 cm³/mol. The van der Waals surface area contributed by atoms with Crippen LogP contribution in [-0.2, 0) is 4.79 Å². The van der Waals surface area contributed by atoms with Gasteiger partial charge in [0.1, 0.15) is 0 Å². The van der Waals surface area contributed by atoms with Gasteiger partial charge in [0.2, 0.25) is 0 Å². The smallest absolute Gasteiger partial charge is 0.303 e. The van der Waals surface area contributed by atoms with E-state index in [0.717, 1.165) is 71.2 Å². The van der Waals surface area contributed by atoms with Gasteiger partial charge in [0.05, 0.1) is 0 Å². The van der Waals surface area contributed by atoms with E-state index in [2.05, 4.69) is 10.6 Å². The molecule has 0 aromatic rings. The Bertz CT molecular complexity index is 189. The summed E-state index contributed by atoms with van der Waals surface area (Å²) in [6.45, 7) is 4.92. The molecule has 0 spiro atoms. The monoisotopic (exact) mass is 259 g/mol. The van der Waals surface area contributed by atoms with Crippen LogP contribution in [0.25, 0.3) is 0 Å². The lowest BCUT2D eigenvalue weighted by atomic mass is 10.2. The van der Waals surface area contributed by atoms with Crippen molar-refractivity contribution in [3.63, 3.8) is 0 Å². The number of carboxylic acids is 1. The van der Waals surface area contributed by atoms with Crippen LogP contribution < -0.4 is 16.4 Å². The van der Waals surface area contributed by atoms with Crippen molar-refractivity contribution in [2.45, 2.75) is 44.9 Å². The standard InChI is InChI=1S/C13H29N3O2/c14-8-3-5-10-16-12-6-11-15-9-4-1-2-7-13(17)18/h15-16H,1-12,14H2,(H,17,18). The largest absolute Gasteiger partial charge is 0.481 e. The molecule has 0 amide bonds. The molecule has 0 unspecified atom stereocenters. The van der Waals surface area contributed by atoms with Crippen LogP contribution in [0.3, 0.4) is 0 Å². The van der Waals surface area contributed by atoms with Crippen LogP contribution in [0.5, 0.6) is 0 Å². The Morgan fingerprint density at radius 3 is 1.94 bits per heavy atom. The van der Waals surface area contributed by atoms with E-state index < -0.39 is 5.97 Å². The van der Waals surface area contributed by atoms with E-state index in [0.29, 0.717) is 6.42 Å². The molecule has 0 aliphatic rings. The van der Waals surface area contributed by atoms with E-state index in [4.69, 9.17) is 10.8 Å². The number of nitrogens with two attached hydrogens (primary N) is 1. The van der Waals surface area contributed by atoms with Crippen molar-refractivity contribution in [2.24, 2.45) is 5.73 Å². The van der Waals surface area contributed by atoms with E-state index >= 15 is 0 Å². The van der Waals surface area contributed by atoms with E-state index in [9.17, 15) is 4.79 Å². The molecule has 18 heavy (non-hydrogen) atoms. The van der Waals surface area contributed by atoms with Crippen molar-refractivity contribution in [3.05, 3.63) is 0 Å². The van der Waals surface area contributed by atoms with Gasteiger partial charge in [-0.2, -0.15) is 0 Å². The second-order valence-electron chi connectivity index (χ2n) is 4.55. The maximum absolute atomic E-state index is 10.3. The average molecular weight is 259 g/mol. The van der Waals surface area contributed by atoms with Gasteiger partial charge in [-0.05, 0) is 64.8 Å². The summed E-state index contributed by atoms with van der Waals surface area (Å²) in [5, 5.41) is 15.2. The average Bonchev–Trinajstić information content (AvgIpc) is 2.34. The maximum Gasteiger partial charge on any atom is 0.303 e. The van der Waals surface area contributed by atoms with Crippen LogP contribution in [0.2, 0.25) is 0 Å². The number of hydrogen-bond donors (Lipinski definition) is 4. The highest BCUT2D eigenvalue weighted by molar-refractivity contribution is 5.66. The molecule has 5 heteroatoms. The van der Waals surface area contributed by atoms with Crippen molar-refractivity contribution in [1.29, 1.82) is 0 Å². The zero-order chi connectivity index (χ0) is 13.5. The Morgan fingerprint density at radius 2 is 1.39 bits per heavy atom. The topological polar surface area (TPSA) is 87.4 Å². The Kier molecular flexibility index (Phi) is 13.9. The number of rotatable bonds is 14. The van der Waals surface area contributed by atoms with Gasteiger partial charge in [-0.3, -0.25) is 4.79 Å². The third-order valence-corrected chi connectivity index (χ3v) is 2.76. The van der Waals surface area contributed by atoms with E-state index in [-0.39, 0.29) is 0 Å². The summed E-state index contributed by atoms with van der Waals surface area (Å²) in [6.07, 6.45) is 6.55. The van der Waals surface area contributed by atoms with Crippen LogP contribution in [0, 0.1) is 0 Å².